The van der Waals surface area contributed by atoms with Gasteiger partial charge in [0.2, 0.25) is 5.24 Å². The van der Waals surface area contributed by atoms with Gasteiger partial charge in [-0.25, -0.2) is 0 Å². The van der Waals surface area contributed by atoms with Crippen LogP contribution in [0.4, 0.5) is 0 Å². The van der Waals surface area contributed by atoms with Crippen molar-refractivity contribution in [1.82, 2.24) is 0 Å². The van der Waals surface area contributed by atoms with Gasteiger partial charge in [-0.05, 0) is 22.7 Å². The molecule has 0 bridgehead atoms. The minimum absolute atomic E-state index is 0.191. The molecule has 0 amide bonds. The summed E-state index contributed by atoms with van der Waals surface area (Å²) in [6.45, 7) is 0.457. The number of carbonyl (C=O) groups is 1. The quantitative estimate of drug-likeness (QED) is 0.662. The highest BCUT2D eigenvalue weighted by Crippen LogP contribution is 2.31. The van der Waals surface area contributed by atoms with Crippen LogP contribution < -0.4 is 4.74 Å². The number of hydrogen-bond acceptors (Lipinski definition) is 4. The summed E-state index contributed by atoms with van der Waals surface area (Å²) in [6.07, 6.45) is 0.397. The topological polar surface area (TPSA) is 80.7 Å². The first-order valence-electron chi connectivity index (χ1n) is 4.82. The Kier molecular flexibility index (Phi) is 3.11. The molecule has 1 heterocycles. The summed E-state index contributed by atoms with van der Waals surface area (Å²) in [4.78, 5) is 10.5. The summed E-state index contributed by atoms with van der Waals surface area (Å²) < 4.78 is 36.6. The molecule has 2 rings (SSSR count). The maximum absolute atomic E-state index is 11.2. The fraction of sp³-hybridized carbons (Fsp3) is 0.300. The summed E-state index contributed by atoms with van der Waals surface area (Å²) in [5, 5.41) is -0.686. The Balaban J connectivity index is 2.59. The molecule has 0 saturated heterocycles. The molecular weight excluding hydrogens is 268 g/mol. The smallest absolute Gasteiger partial charge is 0.294 e. The average molecular weight is 277 g/mol. The van der Waals surface area contributed by atoms with Gasteiger partial charge in [0.25, 0.3) is 10.1 Å². The summed E-state index contributed by atoms with van der Waals surface area (Å²) in [5.41, 5.74) is 1.00. The van der Waals surface area contributed by atoms with Crippen molar-refractivity contribution in [2.24, 2.45) is 0 Å². The Morgan fingerprint density at radius 2 is 2.18 bits per heavy atom. The second kappa shape index (κ2) is 4.29. The Labute approximate surface area is 103 Å². The molecule has 0 radical (unpaired) electrons. The van der Waals surface area contributed by atoms with E-state index in [1.165, 1.54) is 12.1 Å². The van der Waals surface area contributed by atoms with Crippen LogP contribution >= 0.6 is 11.6 Å². The Morgan fingerprint density at radius 3 is 2.76 bits per heavy atom. The highest BCUT2D eigenvalue weighted by molar-refractivity contribution is 7.85. The molecule has 5 nitrogen and oxygen atoms in total. The lowest BCUT2D eigenvalue weighted by molar-refractivity contribution is -0.111. The summed E-state index contributed by atoms with van der Waals surface area (Å²) >= 11 is 5.24. The highest BCUT2D eigenvalue weighted by Gasteiger charge is 2.23. The molecule has 92 valence electrons. The number of rotatable bonds is 3. The van der Waals surface area contributed by atoms with E-state index < -0.39 is 15.4 Å². The van der Waals surface area contributed by atoms with Crippen LogP contribution in [0.1, 0.15) is 11.1 Å². The van der Waals surface area contributed by atoms with Crippen molar-refractivity contribution in [3.05, 3.63) is 23.3 Å². The summed E-state index contributed by atoms with van der Waals surface area (Å²) in [5.74, 6) is 0.420. The molecule has 0 atom stereocenters. The largest absolute Gasteiger partial charge is 0.493 e. The van der Waals surface area contributed by atoms with E-state index in [1.807, 2.05) is 0 Å². The van der Waals surface area contributed by atoms with Gasteiger partial charge in [0.1, 0.15) is 10.6 Å². The first-order chi connectivity index (χ1) is 7.88. The van der Waals surface area contributed by atoms with Crippen molar-refractivity contribution < 1.29 is 22.5 Å². The zero-order valence-corrected chi connectivity index (χ0v) is 10.2. The minimum Gasteiger partial charge on any atom is -0.493 e. The van der Waals surface area contributed by atoms with Crippen LogP contribution in [-0.2, 0) is 27.8 Å². The van der Waals surface area contributed by atoms with Crippen LogP contribution in [0.2, 0.25) is 0 Å². The van der Waals surface area contributed by atoms with Gasteiger partial charge in [-0.15, -0.1) is 0 Å². The van der Waals surface area contributed by atoms with Crippen molar-refractivity contribution in [3.8, 4) is 5.75 Å². The van der Waals surface area contributed by atoms with Crippen LogP contribution in [0.15, 0.2) is 17.0 Å². The van der Waals surface area contributed by atoms with Gasteiger partial charge in [-0.1, -0.05) is 6.07 Å². The predicted octanol–water partition coefficient (Wildman–Crippen LogP) is 1.18. The SMILES string of the molecule is O=C(Cl)Cc1cc2c(cc1S(=O)(=O)O)OCC2. The third kappa shape index (κ3) is 2.59. The monoisotopic (exact) mass is 276 g/mol. The van der Waals surface area contributed by atoms with Crippen molar-refractivity contribution in [2.75, 3.05) is 6.61 Å². The number of fused-ring (bicyclic) bond motifs is 1. The second-order valence-electron chi connectivity index (χ2n) is 3.67. The molecule has 0 spiro atoms. The van der Waals surface area contributed by atoms with Gasteiger partial charge >= 0.3 is 0 Å². The van der Waals surface area contributed by atoms with Gasteiger partial charge in [0, 0.05) is 18.9 Å². The highest BCUT2D eigenvalue weighted by atomic mass is 35.5. The van der Waals surface area contributed by atoms with Gasteiger partial charge in [-0.2, -0.15) is 8.42 Å². The summed E-state index contributed by atoms with van der Waals surface area (Å²) in [7, 11) is -4.39. The lowest BCUT2D eigenvalue weighted by Crippen LogP contribution is -2.06. The molecule has 0 unspecified atom stereocenters. The van der Waals surface area contributed by atoms with E-state index in [0.717, 1.165) is 5.56 Å². The third-order valence-electron chi connectivity index (χ3n) is 2.48. The van der Waals surface area contributed by atoms with Crippen LogP contribution in [0.25, 0.3) is 0 Å². The molecule has 1 aliphatic heterocycles. The zero-order valence-electron chi connectivity index (χ0n) is 8.64. The minimum atomic E-state index is -4.39. The maximum Gasteiger partial charge on any atom is 0.294 e. The van der Waals surface area contributed by atoms with E-state index in [9.17, 15) is 13.2 Å². The zero-order chi connectivity index (χ0) is 12.6. The molecule has 0 aromatic heterocycles. The fourth-order valence-electron chi connectivity index (χ4n) is 1.79. The lowest BCUT2D eigenvalue weighted by Gasteiger charge is -2.08. The molecule has 1 aliphatic rings. The molecule has 7 heteroatoms. The lowest BCUT2D eigenvalue weighted by atomic mass is 10.1. The number of hydrogen-bond donors (Lipinski definition) is 1. The van der Waals surface area contributed by atoms with Crippen molar-refractivity contribution in [1.29, 1.82) is 0 Å². The molecule has 1 aromatic rings. The number of carbonyl (C=O) groups excluding carboxylic acids is 1. The summed E-state index contributed by atoms with van der Waals surface area (Å²) in [6, 6.07) is 2.76. The first kappa shape index (κ1) is 12.3. The van der Waals surface area contributed by atoms with Crippen molar-refractivity contribution >= 4 is 27.0 Å². The van der Waals surface area contributed by atoms with Crippen LogP contribution in [0, 0.1) is 0 Å². The number of benzene rings is 1. The van der Waals surface area contributed by atoms with E-state index in [-0.39, 0.29) is 16.9 Å². The Morgan fingerprint density at radius 1 is 1.47 bits per heavy atom. The normalized spacial score (nSPS) is 14.2. The number of ether oxygens (including phenoxy) is 1. The molecule has 1 N–H and O–H groups in total. The van der Waals surface area contributed by atoms with Crippen LogP contribution in [-0.4, -0.2) is 24.8 Å². The van der Waals surface area contributed by atoms with Gasteiger partial charge in [0.05, 0.1) is 6.61 Å². The van der Waals surface area contributed by atoms with E-state index in [4.69, 9.17) is 20.9 Å². The van der Waals surface area contributed by atoms with E-state index in [0.29, 0.717) is 18.8 Å². The molecule has 0 saturated carbocycles. The molecule has 17 heavy (non-hydrogen) atoms. The fourth-order valence-corrected chi connectivity index (χ4v) is 2.65. The first-order valence-corrected chi connectivity index (χ1v) is 6.64. The second-order valence-corrected chi connectivity index (χ2v) is 5.48. The van der Waals surface area contributed by atoms with E-state index >= 15 is 0 Å². The maximum atomic E-state index is 11.2. The average Bonchev–Trinajstić information content (AvgIpc) is 2.60. The molecule has 0 aliphatic carbocycles. The standard InChI is InChI=1S/C10H9ClO5S/c11-10(12)4-7-3-6-1-2-16-8(6)5-9(7)17(13,14)15/h3,5H,1-2,4H2,(H,13,14,15). The Bertz CT molecular complexity index is 579. The molecular formula is C10H9ClO5S. The van der Waals surface area contributed by atoms with Gasteiger partial charge in [-0.3, -0.25) is 9.35 Å². The van der Waals surface area contributed by atoms with Crippen molar-refractivity contribution in [3.63, 3.8) is 0 Å². The van der Waals surface area contributed by atoms with E-state index in [1.54, 1.807) is 0 Å². The van der Waals surface area contributed by atoms with Crippen molar-refractivity contribution in [2.45, 2.75) is 17.7 Å². The van der Waals surface area contributed by atoms with Crippen LogP contribution in [0.3, 0.4) is 0 Å². The number of halogens is 1. The van der Waals surface area contributed by atoms with Gasteiger partial charge in [0.15, 0.2) is 0 Å². The Hall–Kier alpha value is -1.11. The predicted molar refractivity (Wildman–Crippen MR) is 60.0 cm³/mol. The third-order valence-corrected chi connectivity index (χ3v) is 3.55. The molecule has 1 aromatic carbocycles. The van der Waals surface area contributed by atoms with Crippen LogP contribution in [0.5, 0.6) is 5.75 Å². The van der Waals surface area contributed by atoms with E-state index in [2.05, 4.69) is 0 Å². The van der Waals surface area contributed by atoms with Gasteiger partial charge < -0.3 is 4.74 Å². The molecule has 0 fully saturated rings.